The molecule has 2 heterocycles. The fourth-order valence-electron chi connectivity index (χ4n) is 3.79. The van der Waals surface area contributed by atoms with E-state index < -0.39 is 0 Å². The van der Waals surface area contributed by atoms with Crippen molar-refractivity contribution in [1.82, 2.24) is 19.8 Å². The predicted molar refractivity (Wildman–Crippen MR) is 113 cm³/mol. The first kappa shape index (κ1) is 20.7. The van der Waals surface area contributed by atoms with E-state index in [1.165, 1.54) is 18.2 Å². The van der Waals surface area contributed by atoms with Crippen LogP contribution >= 0.6 is 11.8 Å². The van der Waals surface area contributed by atoms with Crippen LogP contribution in [0.25, 0.3) is 11.0 Å². The topological polar surface area (TPSA) is 67.2 Å². The molecule has 0 spiro atoms. The van der Waals surface area contributed by atoms with Crippen LogP contribution in [0.2, 0.25) is 0 Å². The van der Waals surface area contributed by atoms with E-state index in [1.807, 2.05) is 47.6 Å². The number of nitrogens with zero attached hydrogens (tertiary/aromatic N) is 3. The molecule has 1 atom stereocenters. The molecule has 0 bridgehead atoms. The maximum atomic E-state index is 12.8. The van der Waals surface area contributed by atoms with Crippen LogP contribution in [0.15, 0.2) is 29.4 Å². The average molecular weight is 403 g/mol. The van der Waals surface area contributed by atoms with E-state index >= 15 is 0 Å². The van der Waals surface area contributed by atoms with Crippen LogP contribution in [0.4, 0.5) is 0 Å². The van der Waals surface area contributed by atoms with E-state index in [0.29, 0.717) is 11.8 Å². The summed E-state index contributed by atoms with van der Waals surface area (Å²) in [5.74, 6) is 0.473. The van der Waals surface area contributed by atoms with Gasteiger partial charge in [0, 0.05) is 18.6 Å². The van der Waals surface area contributed by atoms with Crippen LogP contribution in [0.5, 0.6) is 0 Å². The standard InChI is InChI=1S/C21H30N4O2S/c1-4-16-9-7-8-12-24(16)20(27)14-28-21-23-17-10-5-6-11-18(17)25(21)13-19(26)22-15(2)3/h5-6,10-11,15-16H,4,7-9,12-14H2,1-3H3,(H,22,26)/t16-/m0/s1. The first-order valence-corrected chi connectivity index (χ1v) is 11.1. The summed E-state index contributed by atoms with van der Waals surface area (Å²) in [6, 6.07) is 8.24. The number of carbonyl (C=O) groups excluding carboxylic acids is 2. The molecule has 0 aliphatic carbocycles. The van der Waals surface area contributed by atoms with E-state index in [-0.39, 0.29) is 24.4 Å². The minimum Gasteiger partial charge on any atom is -0.352 e. The fraction of sp³-hybridized carbons (Fsp3) is 0.571. The second-order valence-corrected chi connectivity index (χ2v) is 8.57. The van der Waals surface area contributed by atoms with Crippen molar-refractivity contribution in [2.45, 2.75) is 70.2 Å². The molecule has 1 fully saturated rings. The molecule has 1 aliphatic rings. The lowest BCUT2D eigenvalue weighted by Gasteiger charge is -2.35. The Morgan fingerprint density at radius 1 is 1.29 bits per heavy atom. The number of hydrogen-bond acceptors (Lipinski definition) is 4. The third kappa shape index (κ3) is 4.87. The summed E-state index contributed by atoms with van der Waals surface area (Å²) in [5.41, 5.74) is 1.76. The zero-order valence-corrected chi connectivity index (χ0v) is 17.8. The van der Waals surface area contributed by atoms with Gasteiger partial charge in [0.25, 0.3) is 0 Å². The molecule has 0 unspecified atom stereocenters. The van der Waals surface area contributed by atoms with Crippen LogP contribution in [0.1, 0.15) is 46.5 Å². The Hall–Kier alpha value is -2.02. The average Bonchev–Trinajstić information content (AvgIpc) is 3.03. The molecule has 6 nitrogen and oxygen atoms in total. The van der Waals surface area contributed by atoms with Crippen molar-refractivity contribution in [2.75, 3.05) is 12.3 Å². The number of hydrogen-bond donors (Lipinski definition) is 1. The quantitative estimate of drug-likeness (QED) is 0.721. The highest BCUT2D eigenvalue weighted by Gasteiger charge is 2.26. The zero-order valence-electron chi connectivity index (χ0n) is 17.0. The monoisotopic (exact) mass is 402 g/mol. The molecule has 1 saturated heterocycles. The van der Waals surface area contributed by atoms with Crippen molar-refractivity contribution in [1.29, 1.82) is 0 Å². The van der Waals surface area contributed by atoms with Crippen LogP contribution in [0.3, 0.4) is 0 Å². The van der Waals surface area contributed by atoms with Crippen LogP contribution < -0.4 is 5.32 Å². The number of fused-ring (bicyclic) bond motifs is 1. The molecule has 7 heteroatoms. The fourth-order valence-corrected chi connectivity index (χ4v) is 4.69. The van der Waals surface area contributed by atoms with Crippen LogP contribution in [-0.4, -0.2) is 50.6 Å². The highest BCUT2D eigenvalue weighted by molar-refractivity contribution is 7.99. The molecule has 2 aromatic rings. The lowest BCUT2D eigenvalue weighted by atomic mass is 10.0. The maximum absolute atomic E-state index is 12.8. The maximum Gasteiger partial charge on any atom is 0.240 e. The van der Waals surface area contributed by atoms with Gasteiger partial charge in [-0.15, -0.1) is 0 Å². The molecule has 1 aromatic carbocycles. The molecule has 1 N–H and O–H groups in total. The SMILES string of the molecule is CC[C@H]1CCCCN1C(=O)CSc1nc2ccccc2n1CC(=O)NC(C)C. The Morgan fingerprint density at radius 2 is 2.07 bits per heavy atom. The third-order valence-electron chi connectivity index (χ3n) is 5.11. The Kier molecular flexibility index (Phi) is 6.99. The summed E-state index contributed by atoms with van der Waals surface area (Å²) in [6.07, 6.45) is 4.39. The van der Waals surface area contributed by atoms with Crippen molar-refractivity contribution in [3.05, 3.63) is 24.3 Å². The van der Waals surface area contributed by atoms with E-state index in [4.69, 9.17) is 0 Å². The van der Waals surface area contributed by atoms with E-state index in [9.17, 15) is 9.59 Å². The van der Waals surface area contributed by atoms with Gasteiger partial charge < -0.3 is 14.8 Å². The molecule has 152 valence electrons. The molecular weight excluding hydrogens is 372 g/mol. The normalized spacial score (nSPS) is 17.3. The molecule has 0 saturated carbocycles. The first-order chi connectivity index (χ1) is 13.5. The Bertz CT molecular complexity index is 833. The molecular formula is C21H30N4O2S. The van der Waals surface area contributed by atoms with Crippen molar-refractivity contribution in [3.63, 3.8) is 0 Å². The number of likely N-dealkylation sites (tertiary alicyclic amines) is 1. The minimum atomic E-state index is -0.0478. The molecule has 0 radical (unpaired) electrons. The van der Waals surface area contributed by atoms with Gasteiger partial charge in [-0.05, 0) is 51.7 Å². The Labute approximate surface area is 171 Å². The summed E-state index contributed by atoms with van der Waals surface area (Å²) in [4.78, 5) is 31.9. The number of nitrogens with one attached hydrogen (secondary N) is 1. The number of para-hydroxylation sites is 2. The lowest BCUT2D eigenvalue weighted by Crippen LogP contribution is -2.44. The van der Waals surface area contributed by atoms with Gasteiger partial charge in [-0.25, -0.2) is 4.98 Å². The second kappa shape index (κ2) is 9.45. The predicted octanol–water partition coefficient (Wildman–Crippen LogP) is 3.44. The van der Waals surface area contributed by atoms with Crippen molar-refractivity contribution < 1.29 is 9.59 Å². The van der Waals surface area contributed by atoms with Gasteiger partial charge in [-0.3, -0.25) is 9.59 Å². The number of piperidine rings is 1. The smallest absolute Gasteiger partial charge is 0.240 e. The zero-order chi connectivity index (χ0) is 20.1. The number of imidazole rings is 1. The lowest BCUT2D eigenvalue weighted by molar-refractivity contribution is -0.132. The highest BCUT2D eigenvalue weighted by atomic mass is 32.2. The number of benzene rings is 1. The number of rotatable bonds is 7. The van der Waals surface area contributed by atoms with Crippen molar-refractivity contribution in [3.8, 4) is 0 Å². The molecule has 1 aliphatic heterocycles. The van der Waals surface area contributed by atoms with Crippen LogP contribution in [0, 0.1) is 0 Å². The molecule has 2 amide bonds. The van der Waals surface area contributed by atoms with Gasteiger partial charge in [0.15, 0.2) is 5.16 Å². The van der Waals surface area contributed by atoms with Gasteiger partial charge in [-0.1, -0.05) is 30.8 Å². The number of aromatic nitrogens is 2. The largest absolute Gasteiger partial charge is 0.352 e. The highest BCUT2D eigenvalue weighted by Crippen LogP contribution is 2.26. The van der Waals surface area contributed by atoms with Gasteiger partial charge >= 0.3 is 0 Å². The van der Waals surface area contributed by atoms with E-state index in [0.717, 1.165) is 42.0 Å². The number of amides is 2. The molecule has 3 rings (SSSR count). The first-order valence-electron chi connectivity index (χ1n) is 10.2. The van der Waals surface area contributed by atoms with Crippen LogP contribution in [-0.2, 0) is 16.1 Å². The molecule has 1 aromatic heterocycles. The summed E-state index contributed by atoms with van der Waals surface area (Å²) < 4.78 is 1.92. The van der Waals surface area contributed by atoms with Gasteiger partial charge in [0.05, 0.1) is 16.8 Å². The molecule has 28 heavy (non-hydrogen) atoms. The summed E-state index contributed by atoms with van der Waals surface area (Å²) in [6.45, 7) is 7.10. The second-order valence-electron chi connectivity index (χ2n) is 7.63. The summed E-state index contributed by atoms with van der Waals surface area (Å²) >= 11 is 1.43. The van der Waals surface area contributed by atoms with Gasteiger partial charge in [-0.2, -0.15) is 0 Å². The van der Waals surface area contributed by atoms with Gasteiger partial charge in [0.2, 0.25) is 11.8 Å². The third-order valence-corrected chi connectivity index (χ3v) is 6.08. The van der Waals surface area contributed by atoms with Gasteiger partial charge in [0.1, 0.15) is 6.54 Å². The van der Waals surface area contributed by atoms with E-state index in [2.05, 4.69) is 17.2 Å². The van der Waals surface area contributed by atoms with E-state index in [1.54, 1.807) is 0 Å². The Balaban J connectivity index is 1.75. The van der Waals surface area contributed by atoms with Crippen molar-refractivity contribution in [2.24, 2.45) is 0 Å². The number of thioether (sulfide) groups is 1. The number of carbonyl (C=O) groups is 2. The minimum absolute atomic E-state index is 0.0478. The van der Waals surface area contributed by atoms with Crippen molar-refractivity contribution >= 4 is 34.6 Å². The summed E-state index contributed by atoms with van der Waals surface area (Å²) in [5, 5.41) is 3.65. The summed E-state index contributed by atoms with van der Waals surface area (Å²) in [7, 11) is 0. The Morgan fingerprint density at radius 3 is 2.82 bits per heavy atom.